The highest BCUT2D eigenvalue weighted by Gasteiger charge is 2.11. The van der Waals surface area contributed by atoms with Crippen LogP contribution in [0.1, 0.15) is 30.4 Å². The molecule has 2 aromatic rings. The molecule has 0 aliphatic heterocycles. The van der Waals surface area contributed by atoms with Gasteiger partial charge in [-0.25, -0.2) is 0 Å². The molecule has 0 radical (unpaired) electrons. The van der Waals surface area contributed by atoms with Crippen LogP contribution in [0.5, 0.6) is 0 Å². The average molecular weight is 342 g/mol. The molecule has 2 rings (SSSR count). The molecule has 0 bridgehead atoms. The van der Waals surface area contributed by atoms with Gasteiger partial charge in [0, 0.05) is 27.2 Å². The van der Waals surface area contributed by atoms with Gasteiger partial charge in [-0.2, -0.15) is 0 Å². The number of furan rings is 1. The van der Waals surface area contributed by atoms with E-state index in [0.717, 1.165) is 31.6 Å². The zero-order valence-electron chi connectivity index (χ0n) is 11.2. The fraction of sp³-hybridized carbons (Fsp3) is 0.467. The normalized spacial score (nSPS) is 12.7. The molecule has 0 aliphatic carbocycles. The van der Waals surface area contributed by atoms with Crippen LogP contribution in [0.4, 0.5) is 0 Å². The van der Waals surface area contributed by atoms with E-state index >= 15 is 0 Å². The molecule has 104 valence electrons. The zero-order chi connectivity index (χ0) is 13.5. The highest BCUT2D eigenvalue weighted by Crippen LogP contribution is 2.22. The fourth-order valence-corrected chi connectivity index (χ4v) is 3.63. The van der Waals surface area contributed by atoms with E-state index in [9.17, 15) is 0 Å². The van der Waals surface area contributed by atoms with Crippen LogP contribution < -0.4 is 5.32 Å². The lowest BCUT2D eigenvalue weighted by Gasteiger charge is -2.17. The van der Waals surface area contributed by atoms with Crippen LogP contribution in [0.3, 0.4) is 0 Å². The first-order valence-corrected chi connectivity index (χ1v) is 8.44. The van der Waals surface area contributed by atoms with Crippen molar-refractivity contribution < 1.29 is 4.42 Å². The number of hydrogen-bond donors (Lipinski definition) is 1. The monoisotopic (exact) mass is 341 g/mol. The molecule has 2 aromatic heterocycles. The van der Waals surface area contributed by atoms with E-state index in [2.05, 4.69) is 45.7 Å². The van der Waals surface area contributed by atoms with Gasteiger partial charge in [-0.05, 0) is 59.9 Å². The van der Waals surface area contributed by atoms with Crippen molar-refractivity contribution in [3.63, 3.8) is 0 Å². The van der Waals surface area contributed by atoms with E-state index in [4.69, 9.17) is 4.42 Å². The van der Waals surface area contributed by atoms with E-state index in [1.807, 2.05) is 17.4 Å². The third kappa shape index (κ3) is 5.13. The lowest BCUT2D eigenvalue weighted by Crippen LogP contribution is -2.32. The minimum Gasteiger partial charge on any atom is -0.469 e. The van der Waals surface area contributed by atoms with Gasteiger partial charge in [0.25, 0.3) is 0 Å². The molecule has 1 N–H and O–H groups in total. The van der Waals surface area contributed by atoms with Crippen LogP contribution in [0.25, 0.3) is 0 Å². The summed E-state index contributed by atoms with van der Waals surface area (Å²) in [5, 5.41) is 5.79. The molecule has 1 atom stereocenters. The Kier molecular flexibility index (Phi) is 6.14. The van der Waals surface area contributed by atoms with Crippen molar-refractivity contribution in [3.05, 3.63) is 45.0 Å². The minimum atomic E-state index is 0.524. The van der Waals surface area contributed by atoms with Crippen LogP contribution in [-0.2, 0) is 12.8 Å². The van der Waals surface area contributed by atoms with Gasteiger partial charge in [-0.3, -0.25) is 0 Å². The van der Waals surface area contributed by atoms with Gasteiger partial charge in [0.05, 0.1) is 6.26 Å². The van der Waals surface area contributed by atoms with Gasteiger partial charge in [-0.15, -0.1) is 11.3 Å². The van der Waals surface area contributed by atoms with E-state index in [0.29, 0.717) is 6.04 Å². The number of hydrogen-bond acceptors (Lipinski definition) is 3. The summed E-state index contributed by atoms with van der Waals surface area (Å²) in [5.74, 6) is 1.08. The Morgan fingerprint density at radius 1 is 1.47 bits per heavy atom. The quantitative estimate of drug-likeness (QED) is 0.756. The summed E-state index contributed by atoms with van der Waals surface area (Å²) in [7, 11) is 0. The van der Waals surface area contributed by atoms with Crippen molar-refractivity contribution in [3.8, 4) is 0 Å². The maximum atomic E-state index is 5.41. The summed E-state index contributed by atoms with van der Waals surface area (Å²) in [4.78, 5) is 1.43. The van der Waals surface area contributed by atoms with Crippen molar-refractivity contribution in [1.82, 2.24) is 5.32 Å². The first-order chi connectivity index (χ1) is 9.28. The van der Waals surface area contributed by atoms with Crippen LogP contribution in [0.2, 0.25) is 0 Å². The lowest BCUT2D eigenvalue weighted by atomic mass is 10.1. The Labute approximate surface area is 127 Å². The van der Waals surface area contributed by atoms with Crippen molar-refractivity contribution in [2.45, 2.75) is 38.6 Å². The number of halogens is 1. The molecule has 0 aliphatic rings. The fourth-order valence-electron chi connectivity index (χ4n) is 2.10. The first kappa shape index (κ1) is 14.8. The van der Waals surface area contributed by atoms with E-state index in [1.54, 1.807) is 6.26 Å². The van der Waals surface area contributed by atoms with Crippen LogP contribution >= 0.6 is 27.3 Å². The van der Waals surface area contributed by atoms with Crippen LogP contribution in [0, 0.1) is 0 Å². The molecule has 0 amide bonds. The molecule has 0 saturated carbocycles. The van der Waals surface area contributed by atoms with Crippen molar-refractivity contribution >= 4 is 27.3 Å². The molecule has 1 unspecified atom stereocenters. The second-order valence-corrected chi connectivity index (χ2v) is 6.62. The number of thiophene rings is 1. The Morgan fingerprint density at radius 3 is 3.00 bits per heavy atom. The standard InChI is InChI=1S/C15H20BrNOS/c1-2-7-17-13(5-6-14-4-3-8-18-14)10-15-9-12(16)11-19-15/h3-4,8-9,11,13,17H,2,5-7,10H2,1H3. The molecule has 2 heterocycles. The molecule has 19 heavy (non-hydrogen) atoms. The highest BCUT2D eigenvalue weighted by molar-refractivity contribution is 9.10. The number of aryl methyl sites for hydroxylation is 1. The minimum absolute atomic E-state index is 0.524. The largest absolute Gasteiger partial charge is 0.469 e. The summed E-state index contributed by atoms with van der Waals surface area (Å²) in [6.07, 6.45) is 6.13. The number of nitrogens with one attached hydrogen (secondary N) is 1. The average Bonchev–Trinajstić information content (AvgIpc) is 3.04. The zero-order valence-corrected chi connectivity index (χ0v) is 13.6. The molecular weight excluding hydrogens is 322 g/mol. The first-order valence-electron chi connectivity index (χ1n) is 6.76. The SMILES string of the molecule is CCCNC(CCc1ccco1)Cc1cc(Br)cs1. The van der Waals surface area contributed by atoms with Gasteiger partial charge in [-0.1, -0.05) is 6.92 Å². The molecule has 2 nitrogen and oxygen atoms in total. The Balaban J connectivity index is 1.87. The Morgan fingerprint density at radius 2 is 2.37 bits per heavy atom. The van der Waals surface area contributed by atoms with Crippen molar-refractivity contribution in [2.24, 2.45) is 0 Å². The molecule has 0 fully saturated rings. The van der Waals surface area contributed by atoms with E-state index in [1.165, 1.54) is 15.8 Å². The predicted octanol–water partition coefficient (Wildman–Crippen LogP) is 4.65. The van der Waals surface area contributed by atoms with Crippen LogP contribution in [-0.4, -0.2) is 12.6 Å². The molecule has 0 spiro atoms. The predicted molar refractivity (Wildman–Crippen MR) is 84.8 cm³/mol. The summed E-state index contributed by atoms with van der Waals surface area (Å²) in [6.45, 7) is 3.29. The second kappa shape index (κ2) is 7.88. The lowest BCUT2D eigenvalue weighted by molar-refractivity contribution is 0.442. The maximum Gasteiger partial charge on any atom is 0.103 e. The second-order valence-electron chi connectivity index (χ2n) is 4.70. The van der Waals surface area contributed by atoms with E-state index in [-0.39, 0.29) is 0 Å². The number of rotatable bonds is 8. The van der Waals surface area contributed by atoms with Gasteiger partial charge in [0.15, 0.2) is 0 Å². The summed E-state index contributed by atoms with van der Waals surface area (Å²) in [6, 6.07) is 6.76. The molecule has 4 heteroatoms. The third-order valence-electron chi connectivity index (χ3n) is 3.07. The summed E-state index contributed by atoms with van der Waals surface area (Å²) >= 11 is 5.34. The van der Waals surface area contributed by atoms with Gasteiger partial charge in [0.2, 0.25) is 0 Å². The summed E-state index contributed by atoms with van der Waals surface area (Å²) < 4.78 is 6.60. The van der Waals surface area contributed by atoms with Gasteiger partial charge in [0.1, 0.15) is 5.76 Å². The van der Waals surface area contributed by atoms with Crippen molar-refractivity contribution in [2.75, 3.05) is 6.54 Å². The van der Waals surface area contributed by atoms with Crippen LogP contribution in [0.15, 0.2) is 38.7 Å². The molecule has 0 aromatic carbocycles. The summed E-state index contributed by atoms with van der Waals surface area (Å²) in [5.41, 5.74) is 0. The van der Waals surface area contributed by atoms with Crippen molar-refractivity contribution in [1.29, 1.82) is 0 Å². The highest BCUT2D eigenvalue weighted by atomic mass is 79.9. The Bertz CT molecular complexity index is 466. The molecular formula is C15H20BrNOS. The topological polar surface area (TPSA) is 25.2 Å². The van der Waals surface area contributed by atoms with Gasteiger partial charge >= 0.3 is 0 Å². The molecule has 0 saturated heterocycles. The maximum absolute atomic E-state index is 5.41. The van der Waals surface area contributed by atoms with Gasteiger partial charge < -0.3 is 9.73 Å². The third-order valence-corrected chi connectivity index (χ3v) is 4.79. The van der Waals surface area contributed by atoms with E-state index < -0.39 is 0 Å². The smallest absolute Gasteiger partial charge is 0.103 e. The Hall–Kier alpha value is -0.580.